The molecule has 0 fully saturated rings. The Balaban J connectivity index is 0.000000749. The van der Waals surface area contributed by atoms with Crippen LogP contribution in [0.15, 0.2) is 132 Å². The predicted molar refractivity (Wildman–Crippen MR) is 194 cm³/mol. The Morgan fingerprint density at radius 2 is 1.33 bits per heavy atom. The number of allylic oxidation sites excluding steroid dienone is 8. The minimum atomic E-state index is -6.00. The van der Waals surface area contributed by atoms with Gasteiger partial charge in [0.2, 0.25) is 5.69 Å². The van der Waals surface area contributed by atoms with E-state index in [0.717, 1.165) is 12.8 Å². The first kappa shape index (κ1) is 33.3. The van der Waals surface area contributed by atoms with E-state index in [9.17, 15) is 17.3 Å². The molecule has 0 radical (unpaired) electrons. The second kappa shape index (κ2) is 12.4. The summed E-state index contributed by atoms with van der Waals surface area (Å²) in [4.78, 5) is 2.37. The average molecular weight is 649 g/mol. The highest BCUT2D eigenvalue weighted by Crippen LogP contribution is 2.48. The molecule has 0 N–H and O–H groups in total. The van der Waals surface area contributed by atoms with E-state index in [1.165, 1.54) is 67.0 Å². The lowest BCUT2D eigenvalue weighted by Gasteiger charge is -2.24. The number of nitrogens with zero attached hydrogens (tertiary/aromatic N) is 2. The van der Waals surface area contributed by atoms with Crippen molar-refractivity contribution in [2.75, 3.05) is 19.0 Å². The van der Waals surface area contributed by atoms with E-state index in [4.69, 9.17) is 0 Å². The van der Waals surface area contributed by atoms with E-state index in [1.807, 2.05) is 0 Å². The first-order valence-corrected chi connectivity index (χ1v) is 16.4. The van der Waals surface area contributed by atoms with Crippen LogP contribution >= 0.6 is 0 Å². The zero-order valence-corrected chi connectivity index (χ0v) is 28.4. The number of fused-ring (bicyclic) bond motifs is 3. The van der Waals surface area contributed by atoms with Gasteiger partial charge in [-0.15, -0.1) is 0 Å². The molecule has 0 saturated heterocycles. The van der Waals surface area contributed by atoms with Crippen LogP contribution in [0, 0.1) is 0 Å². The SMILES string of the molecule is CN1/C(=C/C=C2CCC(/C=C/C3=[N+](C)c4ccccc4C3(C)C)=C2c2cccc3ccccc23)C(C)(C)c2ccccc21.F[B-](F)(F)F. The highest BCUT2D eigenvalue weighted by molar-refractivity contribution is 6.50. The minimum absolute atomic E-state index is 0.0443. The third kappa shape index (κ3) is 6.07. The molecular formula is C41H41BF4N2. The molecule has 0 amide bonds. The van der Waals surface area contributed by atoms with E-state index in [2.05, 4.69) is 167 Å². The molecule has 48 heavy (non-hydrogen) atoms. The maximum Gasteiger partial charge on any atom is 0.673 e. The van der Waals surface area contributed by atoms with Crippen molar-refractivity contribution in [3.05, 3.63) is 149 Å². The van der Waals surface area contributed by atoms with Gasteiger partial charge in [-0.3, -0.25) is 0 Å². The van der Waals surface area contributed by atoms with Gasteiger partial charge in [-0.1, -0.05) is 105 Å². The van der Waals surface area contributed by atoms with Gasteiger partial charge in [0.25, 0.3) is 0 Å². The van der Waals surface area contributed by atoms with E-state index < -0.39 is 7.25 Å². The molecule has 4 aromatic carbocycles. The van der Waals surface area contributed by atoms with Crippen LogP contribution in [-0.2, 0) is 10.8 Å². The zero-order valence-electron chi connectivity index (χ0n) is 28.4. The molecule has 0 aromatic heterocycles. The Morgan fingerprint density at radius 3 is 2.04 bits per heavy atom. The molecular weight excluding hydrogens is 607 g/mol. The van der Waals surface area contributed by atoms with Gasteiger partial charge < -0.3 is 22.2 Å². The van der Waals surface area contributed by atoms with E-state index in [-0.39, 0.29) is 10.8 Å². The van der Waals surface area contributed by atoms with E-state index in [0.29, 0.717) is 0 Å². The lowest BCUT2D eigenvalue weighted by molar-refractivity contribution is -0.401. The average Bonchev–Trinajstić information content (AvgIpc) is 3.60. The smallest absolute Gasteiger partial charge is 0.418 e. The van der Waals surface area contributed by atoms with Gasteiger partial charge in [-0.2, -0.15) is 4.58 Å². The number of anilines is 1. The quantitative estimate of drug-likeness (QED) is 0.121. The zero-order chi connectivity index (χ0) is 34.4. The Hall–Kier alpha value is -4.65. The molecule has 4 aromatic rings. The molecule has 2 heterocycles. The standard InChI is InChI=1S/C41H41N2.BF4/c1-40(2)33-18-9-11-20-35(33)42(5)37(40)26-24-29-22-23-30(39(29)32-17-13-15-28-14-7-8-16-31(28)32)25-27-38-41(3,4)34-19-10-12-21-36(34)43(38)6;2-1(3,4)5/h7-21,24-27H,22-23H2,1-6H3;/q+1;-1. The summed E-state index contributed by atoms with van der Waals surface area (Å²) in [5, 5.41) is 2.60. The van der Waals surface area contributed by atoms with Gasteiger partial charge in [0.15, 0.2) is 5.71 Å². The number of hydrogen-bond donors (Lipinski definition) is 0. The summed E-state index contributed by atoms with van der Waals surface area (Å²) in [6.07, 6.45) is 11.7. The van der Waals surface area contributed by atoms with Gasteiger partial charge in [0.05, 0.1) is 5.41 Å². The minimum Gasteiger partial charge on any atom is -0.418 e. The molecule has 0 spiro atoms. The molecule has 246 valence electrons. The molecule has 2 aliphatic heterocycles. The van der Waals surface area contributed by atoms with Crippen LogP contribution in [0.25, 0.3) is 16.3 Å². The molecule has 7 rings (SSSR count). The first-order valence-electron chi connectivity index (χ1n) is 16.4. The Bertz CT molecular complexity index is 2050. The highest BCUT2D eigenvalue weighted by Gasteiger charge is 2.42. The molecule has 0 saturated carbocycles. The number of rotatable bonds is 4. The summed E-state index contributed by atoms with van der Waals surface area (Å²) in [6.45, 7) is 9.39. The number of likely N-dealkylation sites (N-methyl/N-ethyl adjacent to an activating group) is 1. The summed E-state index contributed by atoms with van der Waals surface area (Å²) >= 11 is 0. The predicted octanol–water partition coefficient (Wildman–Crippen LogP) is 11.2. The first-order chi connectivity index (χ1) is 22.7. The van der Waals surface area contributed by atoms with Gasteiger partial charge in [0, 0.05) is 41.6 Å². The molecule has 2 nitrogen and oxygen atoms in total. The largest absolute Gasteiger partial charge is 0.673 e. The summed E-state index contributed by atoms with van der Waals surface area (Å²) in [6, 6.07) is 33.2. The Labute approximate surface area is 281 Å². The summed E-state index contributed by atoms with van der Waals surface area (Å²) in [7, 11) is -1.59. The topological polar surface area (TPSA) is 6.25 Å². The lowest BCUT2D eigenvalue weighted by atomic mass is 9.81. The van der Waals surface area contributed by atoms with Crippen LogP contribution in [0.3, 0.4) is 0 Å². The summed E-state index contributed by atoms with van der Waals surface area (Å²) in [5.74, 6) is 0. The third-order valence-electron chi connectivity index (χ3n) is 10.1. The monoisotopic (exact) mass is 648 g/mol. The van der Waals surface area contributed by atoms with Crippen molar-refractivity contribution in [3.8, 4) is 0 Å². The second-order valence-electron chi connectivity index (χ2n) is 13.8. The number of hydrogen-bond acceptors (Lipinski definition) is 1. The van der Waals surface area contributed by atoms with E-state index >= 15 is 0 Å². The molecule has 0 unspecified atom stereocenters. The van der Waals surface area contributed by atoms with Crippen LogP contribution in [0.5, 0.6) is 0 Å². The third-order valence-corrected chi connectivity index (χ3v) is 10.1. The normalized spacial score (nSPS) is 19.8. The van der Waals surface area contributed by atoms with Crippen molar-refractivity contribution in [2.24, 2.45) is 0 Å². The fourth-order valence-electron chi connectivity index (χ4n) is 7.81. The summed E-state index contributed by atoms with van der Waals surface area (Å²) < 4.78 is 41.4. The van der Waals surface area contributed by atoms with Crippen molar-refractivity contribution >= 4 is 40.7 Å². The van der Waals surface area contributed by atoms with Gasteiger partial charge in [-0.25, -0.2) is 0 Å². The van der Waals surface area contributed by atoms with Crippen molar-refractivity contribution in [1.29, 1.82) is 0 Å². The number of para-hydroxylation sites is 2. The summed E-state index contributed by atoms with van der Waals surface area (Å²) in [5.41, 5.74) is 13.5. The van der Waals surface area contributed by atoms with Crippen molar-refractivity contribution < 1.29 is 21.8 Å². The maximum atomic E-state index is 9.75. The molecule has 7 heteroatoms. The van der Waals surface area contributed by atoms with Crippen molar-refractivity contribution in [3.63, 3.8) is 0 Å². The molecule has 3 aliphatic rings. The van der Waals surface area contributed by atoms with Gasteiger partial charge in [-0.05, 0) is 77.5 Å². The fraction of sp³-hybridized carbons (Fsp3) is 0.244. The number of benzene rings is 4. The number of halogens is 4. The Morgan fingerprint density at radius 1 is 0.708 bits per heavy atom. The van der Waals surface area contributed by atoms with Gasteiger partial charge >= 0.3 is 7.25 Å². The second-order valence-corrected chi connectivity index (χ2v) is 13.8. The van der Waals surface area contributed by atoms with Crippen LogP contribution in [0.4, 0.5) is 28.6 Å². The maximum absolute atomic E-state index is 9.75. The Kier molecular flexibility index (Phi) is 8.61. The van der Waals surface area contributed by atoms with Crippen LogP contribution in [0.1, 0.15) is 57.2 Å². The van der Waals surface area contributed by atoms with Crippen LogP contribution in [-0.4, -0.2) is 31.6 Å². The molecule has 1 aliphatic carbocycles. The van der Waals surface area contributed by atoms with E-state index in [1.54, 1.807) is 0 Å². The highest BCUT2D eigenvalue weighted by atomic mass is 19.5. The molecule has 0 atom stereocenters. The van der Waals surface area contributed by atoms with Crippen molar-refractivity contribution in [2.45, 2.75) is 51.4 Å². The molecule has 0 bridgehead atoms. The fourth-order valence-corrected chi connectivity index (χ4v) is 7.81. The van der Waals surface area contributed by atoms with Crippen LogP contribution < -0.4 is 4.90 Å². The van der Waals surface area contributed by atoms with Crippen LogP contribution in [0.2, 0.25) is 0 Å². The van der Waals surface area contributed by atoms with Gasteiger partial charge in [0.1, 0.15) is 7.05 Å². The lowest BCUT2D eigenvalue weighted by Crippen LogP contribution is -2.26. The van der Waals surface area contributed by atoms with Crippen molar-refractivity contribution in [1.82, 2.24) is 0 Å².